The van der Waals surface area contributed by atoms with Crippen molar-refractivity contribution in [3.8, 4) is 5.75 Å². The fourth-order valence-corrected chi connectivity index (χ4v) is 5.70. The summed E-state index contributed by atoms with van der Waals surface area (Å²) in [5, 5.41) is 2.10. The molecule has 3 aromatic carbocycles. The maximum absolute atomic E-state index is 13.9. The minimum absolute atomic E-state index is 0.0941. The van der Waals surface area contributed by atoms with Gasteiger partial charge in [-0.15, -0.1) is 0 Å². The highest BCUT2D eigenvalue weighted by atomic mass is 35.5. The van der Waals surface area contributed by atoms with E-state index < -0.39 is 56.9 Å². The van der Waals surface area contributed by atoms with E-state index in [0.717, 1.165) is 12.1 Å². The predicted octanol–water partition coefficient (Wildman–Crippen LogP) is 5.50. The number of nitrogens with one attached hydrogen (secondary N) is 1. The number of sulfonamides is 1. The minimum atomic E-state index is -4.89. The van der Waals surface area contributed by atoms with Crippen LogP contribution in [0.3, 0.4) is 0 Å². The van der Waals surface area contributed by atoms with Crippen LogP contribution in [0.1, 0.15) is 31.9 Å². The van der Waals surface area contributed by atoms with Crippen molar-refractivity contribution in [2.24, 2.45) is 0 Å². The predicted molar refractivity (Wildman–Crippen MR) is 154 cm³/mol. The van der Waals surface area contributed by atoms with Crippen LogP contribution >= 0.6 is 11.6 Å². The lowest BCUT2D eigenvalue weighted by molar-refractivity contribution is -0.139. The SMILES string of the molecule is COc1ccc(CN(C(=O)CN(c2ccc(Cl)c(C(F)(F)F)c2)S(=O)(=O)c2ccccc2)[C@@H](C)C(=O)NC(C)C)cc1. The Morgan fingerprint density at radius 1 is 0.976 bits per heavy atom. The molecule has 0 saturated heterocycles. The number of ether oxygens (including phenoxy) is 1. The zero-order valence-corrected chi connectivity index (χ0v) is 24.9. The van der Waals surface area contributed by atoms with Gasteiger partial charge in [-0.1, -0.05) is 41.9 Å². The second-order valence-corrected chi connectivity index (χ2v) is 12.0. The molecule has 226 valence electrons. The van der Waals surface area contributed by atoms with E-state index in [0.29, 0.717) is 21.7 Å². The molecule has 0 aliphatic rings. The summed E-state index contributed by atoms with van der Waals surface area (Å²) in [5.74, 6) is -0.749. The first kappa shape index (κ1) is 32.7. The Balaban J connectivity index is 2.10. The standard InChI is InChI=1S/C29H31ClF3N3O5S/c1-19(2)34-28(38)20(3)35(17-21-10-13-23(41-4)14-11-21)27(37)18-36(42(39,40)24-8-6-5-7-9-24)22-12-15-26(30)25(16-22)29(31,32)33/h5-16,19-20H,17-18H2,1-4H3,(H,34,38)/t20-/m0/s1. The number of benzene rings is 3. The second-order valence-electron chi connectivity index (χ2n) is 9.70. The Morgan fingerprint density at radius 3 is 2.14 bits per heavy atom. The van der Waals surface area contributed by atoms with Crippen molar-refractivity contribution < 1.29 is 35.9 Å². The third-order valence-electron chi connectivity index (χ3n) is 6.26. The normalized spacial score (nSPS) is 12.5. The molecule has 0 heterocycles. The summed E-state index contributed by atoms with van der Waals surface area (Å²) in [6.45, 7) is 3.98. The van der Waals surface area contributed by atoms with Crippen LogP contribution in [0.15, 0.2) is 77.7 Å². The van der Waals surface area contributed by atoms with E-state index in [1.54, 1.807) is 44.2 Å². The molecule has 0 bridgehead atoms. The van der Waals surface area contributed by atoms with Crippen LogP contribution in [0, 0.1) is 0 Å². The quantitative estimate of drug-likeness (QED) is 0.303. The van der Waals surface area contributed by atoms with E-state index in [9.17, 15) is 31.2 Å². The van der Waals surface area contributed by atoms with Crippen molar-refractivity contribution in [3.05, 3.63) is 88.9 Å². The van der Waals surface area contributed by atoms with Gasteiger partial charge in [0, 0.05) is 12.6 Å². The second kappa shape index (κ2) is 13.5. The first-order valence-electron chi connectivity index (χ1n) is 12.8. The third-order valence-corrected chi connectivity index (χ3v) is 8.38. The fourth-order valence-electron chi connectivity index (χ4n) is 4.05. The number of methoxy groups -OCH3 is 1. The summed E-state index contributed by atoms with van der Waals surface area (Å²) in [7, 11) is -3.05. The molecule has 0 aliphatic carbocycles. The van der Waals surface area contributed by atoms with Gasteiger partial charge in [-0.25, -0.2) is 8.42 Å². The number of halogens is 4. The Morgan fingerprint density at radius 2 is 1.60 bits per heavy atom. The van der Waals surface area contributed by atoms with Crippen LogP contribution in [0.2, 0.25) is 5.02 Å². The molecular formula is C29H31ClF3N3O5S. The van der Waals surface area contributed by atoms with E-state index in [1.165, 1.54) is 43.2 Å². The van der Waals surface area contributed by atoms with Crippen LogP contribution in [0.4, 0.5) is 18.9 Å². The van der Waals surface area contributed by atoms with Gasteiger partial charge >= 0.3 is 6.18 Å². The van der Waals surface area contributed by atoms with Crippen LogP contribution in [-0.2, 0) is 32.3 Å². The number of nitrogens with zero attached hydrogens (tertiary/aromatic N) is 2. The zero-order chi connectivity index (χ0) is 31.2. The number of rotatable bonds is 11. The molecule has 1 atom stereocenters. The first-order chi connectivity index (χ1) is 19.6. The van der Waals surface area contributed by atoms with Crippen molar-refractivity contribution >= 4 is 39.1 Å². The number of carbonyl (C=O) groups is 2. The third kappa shape index (κ3) is 7.95. The van der Waals surface area contributed by atoms with Crippen LogP contribution in [0.5, 0.6) is 5.75 Å². The van der Waals surface area contributed by atoms with E-state index in [4.69, 9.17) is 16.3 Å². The maximum atomic E-state index is 13.9. The monoisotopic (exact) mass is 625 g/mol. The molecular weight excluding hydrogens is 595 g/mol. The number of amides is 2. The van der Waals surface area contributed by atoms with Gasteiger partial charge in [0.25, 0.3) is 10.0 Å². The maximum Gasteiger partial charge on any atom is 0.417 e. The van der Waals surface area contributed by atoms with Gasteiger partial charge < -0.3 is 15.0 Å². The molecule has 8 nitrogen and oxygen atoms in total. The van der Waals surface area contributed by atoms with Gasteiger partial charge in [-0.3, -0.25) is 13.9 Å². The van der Waals surface area contributed by atoms with Gasteiger partial charge in [0.05, 0.1) is 28.3 Å². The molecule has 0 aromatic heterocycles. The summed E-state index contributed by atoms with van der Waals surface area (Å²) >= 11 is 5.79. The Hall–Kier alpha value is -3.77. The van der Waals surface area contributed by atoms with Gasteiger partial charge in [-0.2, -0.15) is 13.2 Å². The molecule has 1 N–H and O–H groups in total. The number of anilines is 1. The molecule has 3 aromatic rings. The highest BCUT2D eigenvalue weighted by molar-refractivity contribution is 7.92. The zero-order valence-electron chi connectivity index (χ0n) is 23.4. The number of carbonyl (C=O) groups excluding carboxylic acids is 2. The molecule has 13 heteroatoms. The number of hydrogen-bond acceptors (Lipinski definition) is 5. The van der Waals surface area contributed by atoms with Crippen molar-refractivity contribution in [2.75, 3.05) is 18.0 Å². The van der Waals surface area contributed by atoms with E-state index in [-0.39, 0.29) is 17.5 Å². The fraction of sp³-hybridized carbons (Fsp3) is 0.310. The highest BCUT2D eigenvalue weighted by Gasteiger charge is 2.37. The molecule has 2 amide bonds. The summed E-state index contributed by atoms with van der Waals surface area (Å²) in [6, 6.07) is 15.0. The van der Waals surface area contributed by atoms with Gasteiger partial charge in [-0.05, 0) is 68.8 Å². The Labute approximate surface area is 248 Å². The molecule has 0 spiro atoms. The summed E-state index contributed by atoms with van der Waals surface area (Å²) in [5.41, 5.74) is -1.08. The average molecular weight is 626 g/mol. The Kier molecular flexibility index (Phi) is 10.5. The largest absolute Gasteiger partial charge is 0.497 e. The Bertz CT molecular complexity index is 1500. The average Bonchev–Trinajstić information content (AvgIpc) is 2.94. The number of alkyl halides is 3. The molecule has 42 heavy (non-hydrogen) atoms. The van der Waals surface area contributed by atoms with Crippen LogP contribution in [-0.4, -0.2) is 50.9 Å². The van der Waals surface area contributed by atoms with Gasteiger partial charge in [0.1, 0.15) is 18.3 Å². The summed E-state index contributed by atoms with van der Waals surface area (Å²) in [6.07, 6.45) is -4.89. The molecule has 3 rings (SSSR count). The van der Waals surface area contributed by atoms with Crippen molar-refractivity contribution in [3.63, 3.8) is 0 Å². The number of hydrogen-bond donors (Lipinski definition) is 1. The molecule has 0 radical (unpaired) electrons. The highest BCUT2D eigenvalue weighted by Crippen LogP contribution is 2.38. The topological polar surface area (TPSA) is 96.0 Å². The van der Waals surface area contributed by atoms with E-state index in [2.05, 4.69) is 5.32 Å². The molecule has 0 saturated carbocycles. The molecule has 0 unspecified atom stereocenters. The summed E-state index contributed by atoms with van der Waals surface area (Å²) < 4.78 is 74.4. The smallest absolute Gasteiger partial charge is 0.417 e. The minimum Gasteiger partial charge on any atom is -0.497 e. The molecule has 0 fully saturated rings. The lowest BCUT2D eigenvalue weighted by Gasteiger charge is -2.32. The molecule has 0 aliphatic heterocycles. The summed E-state index contributed by atoms with van der Waals surface area (Å²) in [4.78, 5) is 27.8. The van der Waals surface area contributed by atoms with Crippen molar-refractivity contribution in [2.45, 2.75) is 50.5 Å². The van der Waals surface area contributed by atoms with Crippen molar-refractivity contribution in [1.29, 1.82) is 0 Å². The lowest BCUT2D eigenvalue weighted by Crippen LogP contribution is -2.52. The van der Waals surface area contributed by atoms with E-state index in [1.807, 2.05) is 0 Å². The van der Waals surface area contributed by atoms with Crippen LogP contribution < -0.4 is 14.4 Å². The van der Waals surface area contributed by atoms with Crippen molar-refractivity contribution in [1.82, 2.24) is 10.2 Å². The van der Waals surface area contributed by atoms with Gasteiger partial charge in [0.2, 0.25) is 11.8 Å². The lowest BCUT2D eigenvalue weighted by atomic mass is 10.1. The van der Waals surface area contributed by atoms with E-state index >= 15 is 0 Å². The first-order valence-corrected chi connectivity index (χ1v) is 14.6. The van der Waals surface area contributed by atoms with Crippen LogP contribution in [0.25, 0.3) is 0 Å². The van der Waals surface area contributed by atoms with Gasteiger partial charge in [0.15, 0.2) is 0 Å².